The topological polar surface area (TPSA) is 12.0 Å². The van der Waals surface area contributed by atoms with Crippen molar-refractivity contribution in [2.75, 3.05) is 6.54 Å². The third-order valence-corrected chi connectivity index (χ3v) is 3.25. The van der Waals surface area contributed by atoms with E-state index < -0.39 is 0 Å². The lowest BCUT2D eigenvalue weighted by Gasteiger charge is -2.24. The van der Waals surface area contributed by atoms with Crippen LogP contribution in [-0.4, -0.2) is 12.6 Å². The molecule has 3 heteroatoms. The van der Waals surface area contributed by atoms with Gasteiger partial charge in [0, 0.05) is 29.1 Å². The number of hydrogen-bond donors (Lipinski definition) is 1. The van der Waals surface area contributed by atoms with Gasteiger partial charge in [0.1, 0.15) is 5.82 Å². The smallest absolute Gasteiger partial charge is 0.128 e. The van der Waals surface area contributed by atoms with Crippen LogP contribution in [0.3, 0.4) is 0 Å². The van der Waals surface area contributed by atoms with E-state index in [1.165, 1.54) is 6.07 Å². The molecule has 0 fully saturated rings. The highest BCUT2D eigenvalue weighted by molar-refractivity contribution is 6.31. The van der Waals surface area contributed by atoms with Crippen molar-refractivity contribution in [3.05, 3.63) is 34.6 Å². The maximum Gasteiger partial charge on any atom is 0.128 e. The van der Waals surface area contributed by atoms with Crippen LogP contribution >= 0.6 is 11.6 Å². The van der Waals surface area contributed by atoms with Crippen molar-refractivity contribution >= 4 is 11.6 Å². The molecule has 0 aromatic heterocycles. The highest BCUT2D eigenvalue weighted by Gasteiger charge is 2.22. The number of halogens is 2. The van der Waals surface area contributed by atoms with E-state index in [9.17, 15) is 4.39 Å². The molecule has 1 aromatic carbocycles. The fraction of sp³-hybridized carbons (Fsp3) is 0.571. The van der Waals surface area contributed by atoms with Gasteiger partial charge in [0.05, 0.1) is 0 Å². The van der Waals surface area contributed by atoms with Crippen molar-refractivity contribution < 1.29 is 4.39 Å². The van der Waals surface area contributed by atoms with E-state index in [0.717, 1.165) is 6.54 Å². The van der Waals surface area contributed by atoms with Crippen LogP contribution in [0.1, 0.15) is 39.2 Å². The quantitative estimate of drug-likeness (QED) is 0.833. The van der Waals surface area contributed by atoms with E-state index in [-0.39, 0.29) is 11.7 Å². The van der Waals surface area contributed by atoms with Crippen molar-refractivity contribution in [3.8, 4) is 0 Å². The van der Waals surface area contributed by atoms with Crippen molar-refractivity contribution in [1.82, 2.24) is 5.32 Å². The van der Waals surface area contributed by atoms with Gasteiger partial charge in [-0.25, -0.2) is 4.39 Å². The minimum Gasteiger partial charge on any atom is -0.314 e. The van der Waals surface area contributed by atoms with Crippen molar-refractivity contribution in [2.24, 2.45) is 5.92 Å². The summed E-state index contributed by atoms with van der Waals surface area (Å²) in [7, 11) is 0. The SMILES string of the molecule is CC(C)NCC(c1c(F)cccc1Cl)C(C)C. The summed E-state index contributed by atoms with van der Waals surface area (Å²) in [5.74, 6) is 0.239. The second kappa shape index (κ2) is 6.36. The molecule has 0 aliphatic heterocycles. The zero-order valence-electron chi connectivity index (χ0n) is 10.9. The highest BCUT2D eigenvalue weighted by atomic mass is 35.5. The van der Waals surface area contributed by atoms with E-state index in [0.29, 0.717) is 22.5 Å². The first-order valence-corrected chi connectivity index (χ1v) is 6.48. The highest BCUT2D eigenvalue weighted by Crippen LogP contribution is 2.32. The van der Waals surface area contributed by atoms with Gasteiger partial charge in [0.2, 0.25) is 0 Å². The lowest BCUT2D eigenvalue weighted by atomic mass is 9.87. The maximum absolute atomic E-state index is 13.9. The molecule has 96 valence electrons. The summed E-state index contributed by atoms with van der Waals surface area (Å²) in [6.45, 7) is 9.10. The Kier molecular flexibility index (Phi) is 5.41. The van der Waals surface area contributed by atoms with E-state index in [2.05, 4.69) is 33.0 Å². The molecule has 0 heterocycles. The van der Waals surface area contributed by atoms with Gasteiger partial charge in [-0.3, -0.25) is 0 Å². The van der Waals surface area contributed by atoms with Gasteiger partial charge in [0.15, 0.2) is 0 Å². The molecule has 1 aromatic rings. The van der Waals surface area contributed by atoms with Crippen LogP contribution in [0.5, 0.6) is 0 Å². The molecule has 0 aliphatic carbocycles. The lowest BCUT2D eigenvalue weighted by Crippen LogP contribution is -2.30. The normalized spacial score (nSPS) is 13.4. The standard InChI is InChI=1S/C14H21ClFN/c1-9(2)11(8-17-10(3)4)14-12(15)6-5-7-13(14)16/h5-7,9-11,17H,8H2,1-4H3. The predicted octanol–water partition coefficient (Wildman–Crippen LogP) is 4.22. The zero-order valence-corrected chi connectivity index (χ0v) is 11.7. The molecule has 0 radical (unpaired) electrons. The summed E-state index contributed by atoms with van der Waals surface area (Å²) in [5.41, 5.74) is 0.636. The summed E-state index contributed by atoms with van der Waals surface area (Å²) in [5, 5.41) is 3.88. The molecule has 1 unspecified atom stereocenters. The third kappa shape index (κ3) is 3.97. The van der Waals surface area contributed by atoms with Gasteiger partial charge in [-0.2, -0.15) is 0 Å². The summed E-state index contributed by atoms with van der Waals surface area (Å²) in [6.07, 6.45) is 0. The molecule has 0 spiro atoms. The van der Waals surface area contributed by atoms with Crippen molar-refractivity contribution in [3.63, 3.8) is 0 Å². The van der Waals surface area contributed by atoms with Crippen LogP contribution < -0.4 is 5.32 Å². The predicted molar refractivity (Wildman–Crippen MR) is 72.1 cm³/mol. The van der Waals surface area contributed by atoms with Crippen LogP contribution in [0.2, 0.25) is 5.02 Å². The monoisotopic (exact) mass is 257 g/mol. The Bertz CT molecular complexity index is 343. The Labute approximate surface area is 108 Å². The third-order valence-electron chi connectivity index (χ3n) is 2.92. The van der Waals surface area contributed by atoms with Crippen LogP contribution in [0.4, 0.5) is 4.39 Å². The largest absolute Gasteiger partial charge is 0.314 e. The molecule has 0 saturated carbocycles. The van der Waals surface area contributed by atoms with Gasteiger partial charge in [-0.15, -0.1) is 0 Å². The first kappa shape index (κ1) is 14.5. The van der Waals surface area contributed by atoms with Gasteiger partial charge in [-0.05, 0) is 18.1 Å². The van der Waals surface area contributed by atoms with Gasteiger partial charge in [0.25, 0.3) is 0 Å². The van der Waals surface area contributed by atoms with Gasteiger partial charge in [-0.1, -0.05) is 45.4 Å². The first-order chi connectivity index (χ1) is 7.93. The summed E-state index contributed by atoms with van der Waals surface area (Å²) in [6, 6.07) is 5.27. The molecular weight excluding hydrogens is 237 g/mol. The Morgan fingerprint density at radius 3 is 2.35 bits per heavy atom. The Morgan fingerprint density at radius 2 is 1.88 bits per heavy atom. The summed E-state index contributed by atoms with van der Waals surface area (Å²) >= 11 is 6.12. The molecule has 0 bridgehead atoms. The second-order valence-electron chi connectivity index (χ2n) is 5.05. The molecule has 1 nitrogen and oxygen atoms in total. The van der Waals surface area contributed by atoms with E-state index >= 15 is 0 Å². The van der Waals surface area contributed by atoms with Gasteiger partial charge >= 0.3 is 0 Å². The molecule has 1 rings (SSSR count). The Balaban J connectivity index is 2.97. The van der Waals surface area contributed by atoms with E-state index in [4.69, 9.17) is 11.6 Å². The molecule has 0 aliphatic rings. The van der Waals surface area contributed by atoms with E-state index in [1.807, 2.05) is 0 Å². The summed E-state index contributed by atoms with van der Waals surface area (Å²) in [4.78, 5) is 0. The molecule has 17 heavy (non-hydrogen) atoms. The van der Waals surface area contributed by atoms with Crippen LogP contribution in [-0.2, 0) is 0 Å². The minimum absolute atomic E-state index is 0.103. The zero-order chi connectivity index (χ0) is 13.0. The average Bonchev–Trinajstić information content (AvgIpc) is 2.21. The lowest BCUT2D eigenvalue weighted by molar-refractivity contribution is 0.427. The molecular formula is C14H21ClFN. The number of hydrogen-bond acceptors (Lipinski definition) is 1. The second-order valence-corrected chi connectivity index (χ2v) is 5.46. The fourth-order valence-corrected chi connectivity index (χ4v) is 2.20. The number of benzene rings is 1. The minimum atomic E-state index is -0.207. The first-order valence-electron chi connectivity index (χ1n) is 6.10. The molecule has 1 atom stereocenters. The van der Waals surface area contributed by atoms with Crippen LogP contribution in [0, 0.1) is 11.7 Å². The van der Waals surface area contributed by atoms with Crippen LogP contribution in [0.25, 0.3) is 0 Å². The fourth-order valence-electron chi connectivity index (χ4n) is 1.90. The van der Waals surface area contributed by atoms with Gasteiger partial charge < -0.3 is 5.32 Å². The van der Waals surface area contributed by atoms with Crippen LogP contribution in [0.15, 0.2) is 18.2 Å². The molecule has 1 N–H and O–H groups in total. The number of rotatable bonds is 5. The Morgan fingerprint density at radius 1 is 1.24 bits per heavy atom. The molecule has 0 amide bonds. The summed E-state index contributed by atoms with van der Waals surface area (Å²) < 4.78 is 13.9. The van der Waals surface area contributed by atoms with E-state index in [1.54, 1.807) is 12.1 Å². The average molecular weight is 258 g/mol. The Hall–Kier alpha value is -0.600. The molecule has 0 saturated heterocycles. The maximum atomic E-state index is 13.9. The van der Waals surface area contributed by atoms with Crippen molar-refractivity contribution in [2.45, 2.75) is 39.7 Å². The van der Waals surface area contributed by atoms with Crippen molar-refractivity contribution in [1.29, 1.82) is 0 Å². The number of nitrogens with one attached hydrogen (secondary N) is 1.